The van der Waals surface area contributed by atoms with Gasteiger partial charge < -0.3 is 4.42 Å². The molecule has 266 valence electrons. The van der Waals surface area contributed by atoms with E-state index >= 15 is 0 Å². The van der Waals surface area contributed by atoms with E-state index in [0.29, 0.717) is 17.5 Å². The van der Waals surface area contributed by atoms with E-state index < -0.39 is 5.41 Å². The Morgan fingerprint density at radius 2 is 0.912 bits per heavy atom. The summed E-state index contributed by atoms with van der Waals surface area (Å²) in [4.78, 5) is 16.2. The Morgan fingerprint density at radius 3 is 1.72 bits per heavy atom. The van der Waals surface area contributed by atoms with Gasteiger partial charge in [-0.3, -0.25) is 0 Å². The van der Waals surface area contributed by atoms with E-state index in [2.05, 4.69) is 170 Å². The third-order valence-electron chi connectivity index (χ3n) is 11.6. The van der Waals surface area contributed by atoms with Gasteiger partial charge in [0.2, 0.25) is 0 Å². The number of fused-ring (bicyclic) bond motifs is 9. The molecule has 0 spiro atoms. The lowest BCUT2D eigenvalue weighted by atomic mass is 9.67. The largest absolute Gasteiger partial charge is 0.455 e. The molecule has 0 saturated heterocycles. The zero-order valence-electron chi connectivity index (χ0n) is 30.6. The van der Waals surface area contributed by atoms with Crippen molar-refractivity contribution >= 4 is 53.4 Å². The maximum atomic E-state index is 6.59. The van der Waals surface area contributed by atoms with Crippen molar-refractivity contribution in [3.8, 4) is 45.3 Å². The second-order valence-corrected chi connectivity index (χ2v) is 15.7. The fourth-order valence-electron chi connectivity index (χ4n) is 9.30. The molecule has 57 heavy (non-hydrogen) atoms. The Morgan fingerprint density at radius 1 is 0.386 bits per heavy atom. The fraction of sp³-hybridized carbons (Fsp3) is 0.0192. The van der Waals surface area contributed by atoms with Crippen molar-refractivity contribution in [1.29, 1.82) is 0 Å². The predicted molar refractivity (Wildman–Crippen MR) is 234 cm³/mol. The van der Waals surface area contributed by atoms with Gasteiger partial charge in [0.1, 0.15) is 11.2 Å². The Labute approximate surface area is 332 Å². The van der Waals surface area contributed by atoms with E-state index in [0.717, 1.165) is 49.6 Å². The number of hydrogen-bond donors (Lipinski definition) is 0. The molecule has 0 radical (unpaired) electrons. The minimum absolute atomic E-state index is 0.551. The van der Waals surface area contributed by atoms with Crippen molar-refractivity contribution in [2.24, 2.45) is 0 Å². The molecule has 8 aromatic carbocycles. The molecule has 5 heteroatoms. The lowest BCUT2D eigenvalue weighted by molar-refractivity contribution is 0.669. The molecule has 3 heterocycles. The topological polar surface area (TPSA) is 51.8 Å². The smallest absolute Gasteiger partial charge is 0.167 e. The van der Waals surface area contributed by atoms with Gasteiger partial charge in [-0.05, 0) is 57.6 Å². The van der Waals surface area contributed by atoms with Gasteiger partial charge in [-0.1, -0.05) is 164 Å². The van der Waals surface area contributed by atoms with Gasteiger partial charge in [0.05, 0.1) is 11.0 Å². The normalized spacial score (nSPS) is 13.1. The van der Waals surface area contributed by atoms with E-state index in [9.17, 15) is 0 Å². The van der Waals surface area contributed by atoms with Gasteiger partial charge in [-0.15, -0.1) is 11.3 Å². The molecule has 4 nitrogen and oxygen atoms in total. The van der Waals surface area contributed by atoms with Gasteiger partial charge in [0, 0.05) is 42.1 Å². The quantitative estimate of drug-likeness (QED) is 0.176. The fourth-order valence-corrected chi connectivity index (χ4v) is 10.4. The van der Waals surface area contributed by atoms with Crippen LogP contribution in [-0.4, -0.2) is 15.0 Å². The molecule has 0 aliphatic heterocycles. The second-order valence-electron chi connectivity index (χ2n) is 14.6. The first-order valence-electron chi connectivity index (χ1n) is 19.2. The summed E-state index contributed by atoms with van der Waals surface area (Å²) in [5, 5.41) is 4.44. The molecule has 12 rings (SSSR count). The van der Waals surface area contributed by atoms with Gasteiger partial charge >= 0.3 is 0 Å². The van der Waals surface area contributed by atoms with Crippen molar-refractivity contribution in [3.05, 3.63) is 210 Å². The number of benzene rings is 8. The van der Waals surface area contributed by atoms with Crippen LogP contribution in [0, 0.1) is 0 Å². The lowest BCUT2D eigenvalue weighted by Gasteiger charge is -2.33. The van der Waals surface area contributed by atoms with E-state index in [1.165, 1.54) is 42.6 Å². The minimum Gasteiger partial charge on any atom is -0.455 e. The summed E-state index contributed by atoms with van der Waals surface area (Å²) in [6.45, 7) is 0. The van der Waals surface area contributed by atoms with Crippen LogP contribution < -0.4 is 0 Å². The number of thiophene rings is 1. The predicted octanol–water partition coefficient (Wildman–Crippen LogP) is 13.5. The zero-order chi connectivity index (χ0) is 37.5. The van der Waals surface area contributed by atoms with E-state index in [1.54, 1.807) is 11.3 Å². The summed E-state index contributed by atoms with van der Waals surface area (Å²) in [7, 11) is 0. The molecule has 11 aromatic rings. The highest BCUT2D eigenvalue weighted by molar-refractivity contribution is 7.25. The number of nitrogens with zero attached hydrogens (tertiary/aromatic N) is 3. The van der Waals surface area contributed by atoms with Crippen molar-refractivity contribution in [1.82, 2.24) is 15.0 Å². The molecule has 0 atom stereocenters. The minimum atomic E-state index is -0.551. The Hall–Kier alpha value is -7.21. The van der Waals surface area contributed by atoms with E-state index in [1.807, 2.05) is 18.2 Å². The highest BCUT2D eigenvalue weighted by atomic mass is 32.1. The molecule has 0 bridgehead atoms. The first kappa shape index (κ1) is 32.1. The molecule has 0 unspecified atom stereocenters. The van der Waals surface area contributed by atoms with Crippen LogP contribution in [0.25, 0.3) is 87.4 Å². The van der Waals surface area contributed by atoms with Crippen molar-refractivity contribution < 1.29 is 4.42 Å². The number of para-hydroxylation sites is 2. The Kier molecular flexibility index (Phi) is 6.98. The monoisotopic (exact) mass is 745 g/mol. The van der Waals surface area contributed by atoms with Crippen molar-refractivity contribution in [2.45, 2.75) is 5.41 Å². The average Bonchev–Trinajstić information content (AvgIpc) is 3.95. The van der Waals surface area contributed by atoms with Crippen LogP contribution in [0.15, 0.2) is 192 Å². The molecule has 3 aromatic heterocycles. The van der Waals surface area contributed by atoms with Crippen molar-refractivity contribution in [2.75, 3.05) is 0 Å². The number of aromatic nitrogens is 3. The van der Waals surface area contributed by atoms with Gasteiger partial charge in [-0.25, -0.2) is 15.0 Å². The highest BCUT2D eigenvalue weighted by Crippen LogP contribution is 2.58. The van der Waals surface area contributed by atoms with Gasteiger partial charge in [0.15, 0.2) is 17.5 Å². The zero-order valence-corrected chi connectivity index (χ0v) is 31.4. The van der Waals surface area contributed by atoms with Crippen LogP contribution >= 0.6 is 11.3 Å². The summed E-state index contributed by atoms with van der Waals surface area (Å²) in [5.74, 6) is 1.80. The lowest BCUT2D eigenvalue weighted by Crippen LogP contribution is -2.28. The molecule has 0 saturated carbocycles. The summed E-state index contributed by atoms with van der Waals surface area (Å²) < 4.78 is 9.02. The molecular formula is C52H31N3OS. The van der Waals surface area contributed by atoms with Crippen LogP contribution in [0.4, 0.5) is 0 Å². The SMILES string of the molecule is c1ccc(C2(c3ccccc3)c3ccccc3-c3c(-c4nc(-c5cccc6c5oc5ccccc56)nc(-c5cccc6sc7ccccc7c56)n4)cccc32)cc1. The Balaban J connectivity index is 1.18. The highest BCUT2D eigenvalue weighted by Gasteiger charge is 2.47. The second kappa shape index (κ2) is 12.4. The third kappa shape index (κ3) is 4.64. The standard InChI is InChI=1S/C52H31N3OS/c1-3-16-32(17-4-1)52(33-18-5-2-6-19-33)41-27-10-7-21-36(41)46-38(24-14-28-42(46)52)49-53-50(39-25-15-31-45-47(39)37-22-9-12-30-44(37)57-45)55-51(54-49)40-26-13-23-35-34-20-8-11-29-43(34)56-48(35)40/h1-31H. The van der Waals surface area contributed by atoms with Gasteiger partial charge in [0.25, 0.3) is 0 Å². The van der Waals surface area contributed by atoms with Crippen LogP contribution in [-0.2, 0) is 5.41 Å². The third-order valence-corrected chi connectivity index (χ3v) is 12.8. The number of furan rings is 1. The first-order chi connectivity index (χ1) is 28.3. The maximum Gasteiger partial charge on any atom is 0.167 e. The Bertz CT molecular complexity index is 3330. The molecule has 0 fully saturated rings. The van der Waals surface area contributed by atoms with Crippen LogP contribution in [0.2, 0.25) is 0 Å². The van der Waals surface area contributed by atoms with Crippen molar-refractivity contribution in [3.63, 3.8) is 0 Å². The molecule has 1 aliphatic carbocycles. The van der Waals surface area contributed by atoms with Crippen LogP contribution in [0.5, 0.6) is 0 Å². The molecule has 1 aliphatic rings. The average molecular weight is 746 g/mol. The maximum absolute atomic E-state index is 6.59. The molecular weight excluding hydrogens is 715 g/mol. The summed E-state index contributed by atoms with van der Waals surface area (Å²) >= 11 is 1.79. The first-order valence-corrected chi connectivity index (χ1v) is 20.0. The summed E-state index contributed by atoms with van der Waals surface area (Å²) in [6, 6.07) is 66.7. The van der Waals surface area contributed by atoms with Crippen LogP contribution in [0.1, 0.15) is 22.3 Å². The number of rotatable bonds is 5. The van der Waals surface area contributed by atoms with E-state index in [4.69, 9.17) is 19.4 Å². The molecule has 0 amide bonds. The van der Waals surface area contributed by atoms with E-state index in [-0.39, 0.29) is 0 Å². The number of hydrogen-bond acceptors (Lipinski definition) is 5. The summed E-state index contributed by atoms with van der Waals surface area (Å²) in [5.41, 5.74) is 11.0. The van der Waals surface area contributed by atoms with Crippen LogP contribution in [0.3, 0.4) is 0 Å². The summed E-state index contributed by atoms with van der Waals surface area (Å²) in [6.07, 6.45) is 0. The van der Waals surface area contributed by atoms with Gasteiger partial charge in [-0.2, -0.15) is 0 Å². The molecule has 0 N–H and O–H groups in total.